The summed E-state index contributed by atoms with van der Waals surface area (Å²) in [6.07, 6.45) is 3.19. The normalized spacial score (nSPS) is 12.4. The first-order valence-electron chi connectivity index (χ1n) is 9.37. The van der Waals surface area contributed by atoms with Crippen LogP contribution in [0.25, 0.3) is 0 Å². The summed E-state index contributed by atoms with van der Waals surface area (Å²) in [5, 5.41) is 3.16. The maximum absolute atomic E-state index is 13.1. The van der Waals surface area contributed by atoms with Crippen molar-refractivity contribution in [1.29, 1.82) is 0 Å². The van der Waals surface area contributed by atoms with Gasteiger partial charge < -0.3 is 5.32 Å². The average molecular weight is 424 g/mol. The van der Waals surface area contributed by atoms with Gasteiger partial charge in [0.25, 0.3) is 0 Å². The van der Waals surface area contributed by atoms with Gasteiger partial charge in [0.05, 0.1) is 11.4 Å². The van der Waals surface area contributed by atoms with E-state index in [1.807, 2.05) is 26.0 Å². The molecule has 154 valence electrons. The van der Waals surface area contributed by atoms with Crippen molar-refractivity contribution < 1.29 is 13.2 Å². The molecule has 0 radical (unpaired) electrons. The number of rotatable bonds is 8. The van der Waals surface area contributed by atoms with Gasteiger partial charge in [0.1, 0.15) is 0 Å². The Morgan fingerprint density at radius 1 is 1.21 bits per heavy atom. The Labute approximate surface area is 172 Å². The lowest BCUT2D eigenvalue weighted by molar-refractivity contribution is -0.116. The molecule has 1 N–H and O–H groups in total. The summed E-state index contributed by atoms with van der Waals surface area (Å²) in [6, 6.07) is 6.92. The Balaban J connectivity index is 2.20. The van der Waals surface area contributed by atoms with Gasteiger partial charge in [-0.25, -0.2) is 13.4 Å². The zero-order valence-corrected chi connectivity index (χ0v) is 18.8. The van der Waals surface area contributed by atoms with Crippen molar-refractivity contribution in [2.24, 2.45) is 0 Å². The fourth-order valence-electron chi connectivity index (χ4n) is 2.63. The smallest absolute Gasteiger partial charge is 0.243 e. The van der Waals surface area contributed by atoms with Crippen LogP contribution >= 0.6 is 11.3 Å². The Bertz CT molecular complexity index is 898. The molecule has 8 heteroatoms. The number of aryl methyl sites for hydroxylation is 1. The molecule has 0 fully saturated rings. The fraction of sp³-hybridized carbons (Fsp3) is 0.500. The second-order valence-corrected chi connectivity index (χ2v) is 11.0. The topological polar surface area (TPSA) is 79.4 Å². The second-order valence-electron chi connectivity index (χ2n) is 7.79. The van der Waals surface area contributed by atoms with Crippen molar-refractivity contribution in [2.75, 3.05) is 18.4 Å². The quantitative estimate of drug-likeness (QED) is 0.691. The summed E-state index contributed by atoms with van der Waals surface area (Å²) in [5.41, 5.74) is 0.999. The number of amides is 1. The number of nitrogens with zero attached hydrogens (tertiary/aromatic N) is 2. The molecule has 28 heavy (non-hydrogen) atoms. The number of nitrogens with one attached hydrogen (secondary N) is 1. The van der Waals surface area contributed by atoms with Crippen molar-refractivity contribution >= 4 is 32.4 Å². The molecule has 2 rings (SSSR count). The molecule has 0 unspecified atom stereocenters. The average Bonchev–Trinajstić information content (AvgIpc) is 3.02. The van der Waals surface area contributed by atoms with Gasteiger partial charge in [-0.1, -0.05) is 46.2 Å². The third-order valence-corrected chi connectivity index (χ3v) is 6.99. The SMILES string of the molecule is CCCCN(CC(=O)Nc1ncc(C)s1)S(=O)(=O)c1ccc(C(C)(C)C)cc1. The maximum atomic E-state index is 13.1. The monoisotopic (exact) mass is 423 g/mol. The van der Waals surface area contributed by atoms with Gasteiger partial charge >= 0.3 is 0 Å². The molecule has 0 spiro atoms. The van der Waals surface area contributed by atoms with Crippen molar-refractivity contribution in [2.45, 2.75) is 57.8 Å². The van der Waals surface area contributed by atoms with Crippen molar-refractivity contribution in [3.63, 3.8) is 0 Å². The number of sulfonamides is 1. The first-order chi connectivity index (χ1) is 13.0. The standard InChI is InChI=1S/C20H29N3O3S2/c1-6-7-12-23(14-18(24)22-19-21-13-15(2)27-19)28(25,26)17-10-8-16(9-11-17)20(3,4)5/h8-11,13H,6-7,12,14H2,1-5H3,(H,21,22,24). The van der Waals surface area contributed by atoms with Crippen LogP contribution in [0.1, 0.15) is 51.0 Å². The lowest BCUT2D eigenvalue weighted by Crippen LogP contribution is -2.38. The minimum Gasteiger partial charge on any atom is -0.301 e. The predicted molar refractivity (Wildman–Crippen MR) is 114 cm³/mol. The van der Waals surface area contributed by atoms with Gasteiger partial charge in [-0.3, -0.25) is 4.79 Å². The van der Waals surface area contributed by atoms with Crippen molar-refractivity contribution in [1.82, 2.24) is 9.29 Å². The highest BCUT2D eigenvalue weighted by atomic mass is 32.2. The molecule has 0 aliphatic carbocycles. The zero-order valence-electron chi connectivity index (χ0n) is 17.2. The molecule has 1 amide bonds. The predicted octanol–water partition coefficient (Wildman–Crippen LogP) is 4.18. The molecule has 2 aromatic rings. The minimum atomic E-state index is -3.76. The highest BCUT2D eigenvalue weighted by molar-refractivity contribution is 7.89. The van der Waals surface area contributed by atoms with Gasteiger partial charge in [0.15, 0.2) is 5.13 Å². The Morgan fingerprint density at radius 3 is 2.36 bits per heavy atom. The highest BCUT2D eigenvalue weighted by Crippen LogP contribution is 2.25. The summed E-state index contributed by atoms with van der Waals surface area (Å²) in [5.74, 6) is -0.389. The van der Waals surface area contributed by atoms with Crippen LogP contribution in [0.2, 0.25) is 0 Å². The Hall–Kier alpha value is -1.77. The number of anilines is 1. The van der Waals surface area contributed by atoms with Gasteiger partial charge in [-0.15, -0.1) is 11.3 Å². The first-order valence-corrected chi connectivity index (χ1v) is 11.6. The van der Waals surface area contributed by atoms with E-state index in [-0.39, 0.29) is 22.8 Å². The Kier molecular flexibility index (Phi) is 7.36. The highest BCUT2D eigenvalue weighted by Gasteiger charge is 2.27. The number of carbonyl (C=O) groups excluding carboxylic acids is 1. The van der Waals surface area contributed by atoms with Crippen LogP contribution in [0.5, 0.6) is 0 Å². The molecule has 1 aromatic heterocycles. The molecular formula is C20H29N3O3S2. The van der Waals surface area contributed by atoms with E-state index in [2.05, 4.69) is 31.1 Å². The largest absolute Gasteiger partial charge is 0.301 e. The van der Waals surface area contributed by atoms with Gasteiger partial charge in [-0.05, 0) is 36.5 Å². The number of carbonyl (C=O) groups is 1. The fourth-order valence-corrected chi connectivity index (χ4v) is 4.74. The van der Waals surface area contributed by atoms with E-state index in [0.29, 0.717) is 18.1 Å². The number of hydrogen-bond donors (Lipinski definition) is 1. The summed E-state index contributed by atoms with van der Waals surface area (Å²) in [7, 11) is -3.76. The lowest BCUT2D eigenvalue weighted by Gasteiger charge is -2.23. The molecule has 0 atom stereocenters. The summed E-state index contributed by atoms with van der Waals surface area (Å²) in [4.78, 5) is 17.7. The van der Waals surface area contributed by atoms with Gasteiger partial charge in [0, 0.05) is 17.6 Å². The van der Waals surface area contributed by atoms with E-state index in [9.17, 15) is 13.2 Å². The molecule has 0 aliphatic rings. The number of hydrogen-bond acceptors (Lipinski definition) is 5. The van der Waals surface area contributed by atoms with Crippen LogP contribution in [-0.4, -0.2) is 36.7 Å². The molecule has 0 saturated heterocycles. The number of thiazole rings is 1. The van der Waals surface area contributed by atoms with Crippen LogP contribution < -0.4 is 5.32 Å². The van der Waals surface area contributed by atoms with Crippen LogP contribution in [0.4, 0.5) is 5.13 Å². The zero-order chi connectivity index (χ0) is 20.9. The molecular weight excluding hydrogens is 394 g/mol. The Morgan fingerprint density at radius 2 is 1.86 bits per heavy atom. The van der Waals surface area contributed by atoms with Crippen LogP contribution in [-0.2, 0) is 20.2 Å². The van der Waals surface area contributed by atoms with E-state index >= 15 is 0 Å². The number of benzene rings is 1. The van der Waals surface area contributed by atoms with E-state index in [1.54, 1.807) is 18.3 Å². The van der Waals surface area contributed by atoms with E-state index in [0.717, 1.165) is 16.9 Å². The van der Waals surface area contributed by atoms with Crippen molar-refractivity contribution in [3.8, 4) is 0 Å². The van der Waals surface area contributed by atoms with E-state index in [1.165, 1.54) is 15.6 Å². The molecule has 1 aromatic carbocycles. The molecule has 6 nitrogen and oxygen atoms in total. The lowest BCUT2D eigenvalue weighted by atomic mass is 9.87. The van der Waals surface area contributed by atoms with Gasteiger partial charge in [0.2, 0.25) is 15.9 Å². The minimum absolute atomic E-state index is 0.0596. The summed E-state index contributed by atoms with van der Waals surface area (Å²) in [6.45, 7) is 10.2. The second kappa shape index (κ2) is 9.15. The molecule has 0 bridgehead atoms. The molecule has 0 saturated carbocycles. The summed E-state index contributed by atoms with van der Waals surface area (Å²) < 4.78 is 27.5. The number of unbranched alkanes of at least 4 members (excludes halogenated alkanes) is 1. The van der Waals surface area contributed by atoms with Gasteiger partial charge in [-0.2, -0.15) is 4.31 Å². The number of aromatic nitrogens is 1. The van der Waals surface area contributed by atoms with E-state index in [4.69, 9.17) is 0 Å². The summed E-state index contributed by atoms with van der Waals surface area (Å²) >= 11 is 1.36. The third kappa shape index (κ3) is 5.86. The van der Waals surface area contributed by atoms with Crippen LogP contribution in [0.15, 0.2) is 35.4 Å². The van der Waals surface area contributed by atoms with Crippen LogP contribution in [0, 0.1) is 6.92 Å². The first kappa shape index (κ1) is 22.5. The van der Waals surface area contributed by atoms with Crippen molar-refractivity contribution in [3.05, 3.63) is 40.9 Å². The molecule has 0 aliphatic heterocycles. The third-order valence-electron chi connectivity index (χ3n) is 4.31. The van der Waals surface area contributed by atoms with E-state index < -0.39 is 10.0 Å². The van der Waals surface area contributed by atoms with Crippen LogP contribution in [0.3, 0.4) is 0 Å². The molecule has 1 heterocycles. The maximum Gasteiger partial charge on any atom is 0.243 e.